The lowest BCUT2D eigenvalue weighted by Gasteiger charge is -2.21. The van der Waals surface area contributed by atoms with Crippen LogP contribution in [0.15, 0.2) is 82.7 Å². The minimum Gasteiger partial charge on any atom is -0.321 e. The summed E-state index contributed by atoms with van der Waals surface area (Å²) in [7, 11) is 0. The summed E-state index contributed by atoms with van der Waals surface area (Å²) >= 11 is 0. The van der Waals surface area contributed by atoms with Gasteiger partial charge in [-0.05, 0) is 31.0 Å². The molecule has 0 fully saturated rings. The van der Waals surface area contributed by atoms with Crippen molar-refractivity contribution in [3.63, 3.8) is 0 Å². The highest BCUT2D eigenvalue weighted by atomic mass is 16.2. The van der Waals surface area contributed by atoms with Crippen LogP contribution in [0.4, 0.5) is 0 Å². The molecule has 1 aliphatic rings. The summed E-state index contributed by atoms with van der Waals surface area (Å²) in [4.78, 5) is 29.4. The van der Waals surface area contributed by atoms with E-state index >= 15 is 0 Å². The van der Waals surface area contributed by atoms with Crippen LogP contribution in [0.5, 0.6) is 0 Å². The molecule has 1 unspecified atom stereocenters. The molecule has 1 aliphatic heterocycles. The number of carbonyl (C=O) groups excluding carboxylic acids is 1. The SMILES string of the molecule is CCC(=O)N1N=C(c2c(-c3ccc(C)cc3)c3ccccc3[nH]c2=O)CC1c1cccc(C)c1. The number of hydrogen-bond donors (Lipinski definition) is 1. The number of nitrogens with zero attached hydrogens (tertiary/aromatic N) is 2. The third kappa shape index (κ3) is 3.83. The fraction of sp³-hybridized carbons (Fsp3) is 0.207. The molecule has 0 bridgehead atoms. The van der Waals surface area contributed by atoms with Crippen molar-refractivity contribution in [2.24, 2.45) is 5.10 Å². The van der Waals surface area contributed by atoms with Crippen molar-refractivity contribution in [1.29, 1.82) is 0 Å². The van der Waals surface area contributed by atoms with Gasteiger partial charge in [-0.15, -0.1) is 0 Å². The van der Waals surface area contributed by atoms with E-state index in [1.165, 1.54) is 0 Å². The first-order valence-corrected chi connectivity index (χ1v) is 11.6. The molecule has 4 aromatic rings. The molecule has 1 aromatic heterocycles. The summed E-state index contributed by atoms with van der Waals surface area (Å²) in [5, 5.41) is 7.29. The number of hydrazone groups is 1. The van der Waals surface area contributed by atoms with Crippen molar-refractivity contribution in [2.45, 2.75) is 39.7 Å². The van der Waals surface area contributed by atoms with Gasteiger partial charge in [0.1, 0.15) is 0 Å². The molecule has 0 saturated heterocycles. The molecule has 1 amide bonds. The first-order chi connectivity index (χ1) is 16.5. The fourth-order valence-corrected chi connectivity index (χ4v) is 4.73. The second-order valence-electron chi connectivity index (χ2n) is 8.89. The Balaban J connectivity index is 1.73. The van der Waals surface area contributed by atoms with Gasteiger partial charge in [-0.2, -0.15) is 5.10 Å². The first-order valence-electron chi connectivity index (χ1n) is 11.6. The minimum absolute atomic E-state index is 0.0596. The molecule has 3 aromatic carbocycles. The predicted octanol–water partition coefficient (Wildman–Crippen LogP) is 5.90. The van der Waals surface area contributed by atoms with Gasteiger partial charge in [0.15, 0.2) is 0 Å². The van der Waals surface area contributed by atoms with Gasteiger partial charge in [-0.25, -0.2) is 5.01 Å². The van der Waals surface area contributed by atoms with Crippen LogP contribution in [0, 0.1) is 13.8 Å². The third-order valence-corrected chi connectivity index (χ3v) is 6.45. The van der Waals surface area contributed by atoms with E-state index in [2.05, 4.69) is 11.1 Å². The quantitative estimate of drug-likeness (QED) is 0.422. The number of pyridine rings is 1. The molecule has 0 spiro atoms. The van der Waals surface area contributed by atoms with Crippen LogP contribution >= 0.6 is 0 Å². The second-order valence-corrected chi connectivity index (χ2v) is 8.89. The summed E-state index contributed by atoms with van der Waals surface area (Å²) in [6.07, 6.45) is 0.827. The highest BCUT2D eigenvalue weighted by molar-refractivity contribution is 6.12. The predicted molar refractivity (Wildman–Crippen MR) is 137 cm³/mol. The maximum absolute atomic E-state index is 13.5. The molecule has 0 saturated carbocycles. The molecule has 2 heterocycles. The maximum atomic E-state index is 13.5. The summed E-state index contributed by atoms with van der Waals surface area (Å²) in [5.41, 5.74) is 6.86. The van der Waals surface area contributed by atoms with Crippen molar-refractivity contribution >= 4 is 22.5 Å². The van der Waals surface area contributed by atoms with Gasteiger partial charge in [0.2, 0.25) is 5.91 Å². The van der Waals surface area contributed by atoms with E-state index in [0.29, 0.717) is 24.1 Å². The number of aromatic amines is 1. The van der Waals surface area contributed by atoms with Crippen LogP contribution in [0.25, 0.3) is 22.0 Å². The first kappa shape index (κ1) is 21.8. The van der Waals surface area contributed by atoms with Gasteiger partial charge in [0.05, 0.1) is 17.3 Å². The summed E-state index contributed by atoms with van der Waals surface area (Å²) < 4.78 is 0. The van der Waals surface area contributed by atoms with Gasteiger partial charge in [0.25, 0.3) is 5.56 Å². The van der Waals surface area contributed by atoms with E-state index in [4.69, 9.17) is 5.10 Å². The minimum atomic E-state index is -0.237. The summed E-state index contributed by atoms with van der Waals surface area (Å²) in [6.45, 7) is 5.92. The lowest BCUT2D eigenvalue weighted by Crippen LogP contribution is -2.26. The van der Waals surface area contributed by atoms with Crippen LogP contribution in [-0.4, -0.2) is 21.6 Å². The van der Waals surface area contributed by atoms with Crippen molar-refractivity contribution in [3.05, 3.63) is 105 Å². The molecule has 5 rings (SSSR count). The van der Waals surface area contributed by atoms with Gasteiger partial charge < -0.3 is 4.98 Å². The number of aryl methyl sites for hydroxylation is 2. The van der Waals surface area contributed by atoms with E-state index in [1.54, 1.807) is 5.01 Å². The normalized spacial score (nSPS) is 15.6. The number of hydrogen-bond acceptors (Lipinski definition) is 3. The number of fused-ring (bicyclic) bond motifs is 1. The van der Waals surface area contributed by atoms with E-state index in [0.717, 1.165) is 38.7 Å². The Morgan fingerprint density at radius 3 is 2.47 bits per heavy atom. The van der Waals surface area contributed by atoms with Crippen molar-refractivity contribution < 1.29 is 4.79 Å². The maximum Gasteiger partial charge on any atom is 0.258 e. The van der Waals surface area contributed by atoms with Gasteiger partial charge in [-0.1, -0.05) is 84.8 Å². The van der Waals surface area contributed by atoms with Crippen LogP contribution in [0.1, 0.15) is 48.1 Å². The average molecular weight is 450 g/mol. The Kier molecular flexibility index (Phi) is 5.62. The second kappa shape index (κ2) is 8.75. The van der Waals surface area contributed by atoms with Crippen molar-refractivity contribution in [1.82, 2.24) is 9.99 Å². The van der Waals surface area contributed by atoms with Gasteiger partial charge >= 0.3 is 0 Å². The Hall–Kier alpha value is -3.99. The molecule has 5 nitrogen and oxygen atoms in total. The Morgan fingerprint density at radius 1 is 0.971 bits per heavy atom. The molecule has 5 heteroatoms. The standard InChI is InChI=1S/C29H27N3O2/c1-4-26(33)32-25(21-9-7-8-19(3)16-21)17-24(31-32)28-27(20-14-12-18(2)13-15-20)22-10-5-6-11-23(22)30-29(28)34/h5-16,25H,4,17H2,1-3H3,(H,30,34). The molecule has 1 atom stereocenters. The topological polar surface area (TPSA) is 65.5 Å². The van der Waals surface area contributed by atoms with Gasteiger partial charge in [-0.3, -0.25) is 9.59 Å². The largest absolute Gasteiger partial charge is 0.321 e. The monoisotopic (exact) mass is 449 g/mol. The van der Waals surface area contributed by atoms with Gasteiger partial charge in [0, 0.05) is 29.3 Å². The summed E-state index contributed by atoms with van der Waals surface area (Å²) in [5.74, 6) is -0.0596. The Morgan fingerprint density at radius 2 is 1.74 bits per heavy atom. The molecule has 170 valence electrons. The lowest BCUT2D eigenvalue weighted by molar-refractivity contribution is -0.132. The number of rotatable bonds is 4. The fourth-order valence-electron chi connectivity index (χ4n) is 4.73. The van der Waals surface area contributed by atoms with E-state index in [-0.39, 0.29) is 17.5 Å². The zero-order chi connectivity index (χ0) is 23.8. The smallest absolute Gasteiger partial charge is 0.258 e. The lowest BCUT2D eigenvalue weighted by atomic mass is 9.90. The number of para-hydroxylation sites is 1. The number of H-pyrrole nitrogens is 1. The van der Waals surface area contributed by atoms with Crippen LogP contribution in [0.3, 0.4) is 0 Å². The number of nitrogens with one attached hydrogen (secondary N) is 1. The van der Waals surface area contributed by atoms with Crippen LogP contribution in [0.2, 0.25) is 0 Å². The highest BCUT2D eigenvalue weighted by Gasteiger charge is 2.34. The molecule has 0 aliphatic carbocycles. The van der Waals surface area contributed by atoms with E-state index < -0.39 is 0 Å². The Bertz CT molecular complexity index is 1480. The number of aromatic nitrogens is 1. The molecule has 0 radical (unpaired) electrons. The van der Waals surface area contributed by atoms with E-state index in [1.807, 2.05) is 87.5 Å². The zero-order valence-corrected chi connectivity index (χ0v) is 19.6. The van der Waals surface area contributed by atoms with Crippen LogP contribution in [-0.2, 0) is 4.79 Å². The van der Waals surface area contributed by atoms with Crippen molar-refractivity contribution in [2.75, 3.05) is 0 Å². The molecular formula is C29H27N3O2. The van der Waals surface area contributed by atoms with Crippen molar-refractivity contribution in [3.8, 4) is 11.1 Å². The molecular weight excluding hydrogens is 422 g/mol. The van der Waals surface area contributed by atoms with Crippen LogP contribution < -0.4 is 5.56 Å². The molecule has 1 N–H and O–H groups in total. The van der Waals surface area contributed by atoms with E-state index in [9.17, 15) is 9.59 Å². The molecule has 34 heavy (non-hydrogen) atoms. The number of amides is 1. The third-order valence-electron chi connectivity index (χ3n) is 6.45. The number of carbonyl (C=O) groups is 1. The Labute approximate surface area is 198 Å². The number of benzene rings is 3. The zero-order valence-electron chi connectivity index (χ0n) is 19.6. The summed E-state index contributed by atoms with van der Waals surface area (Å²) in [6, 6.07) is 23.9. The highest BCUT2D eigenvalue weighted by Crippen LogP contribution is 2.37. The average Bonchev–Trinajstić information content (AvgIpc) is 3.28.